The third kappa shape index (κ3) is 5.96. The number of benzene rings is 1. The Bertz CT molecular complexity index is 444. The van der Waals surface area contributed by atoms with Gasteiger partial charge >= 0.3 is 6.18 Å². The van der Waals surface area contributed by atoms with Crippen LogP contribution in [0.25, 0.3) is 0 Å². The lowest BCUT2D eigenvalue weighted by molar-refractivity contribution is -0.139. The molecule has 0 radical (unpaired) electrons. The van der Waals surface area contributed by atoms with E-state index in [1.165, 1.54) is 6.07 Å². The fourth-order valence-electron chi connectivity index (χ4n) is 1.90. The maximum absolute atomic E-state index is 13.1. The molecule has 0 spiro atoms. The fraction of sp³-hybridized carbons (Fsp3) is 0.625. The van der Waals surface area contributed by atoms with Gasteiger partial charge in [0, 0.05) is 6.04 Å². The van der Waals surface area contributed by atoms with Gasteiger partial charge < -0.3 is 10.5 Å². The molecule has 0 bridgehead atoms. The lowest BCUT2D eigenvalue weighted by Gasteiger charge is -2.17. The van der Waals surface area contributed by atoms with Crippen LogP contribution in [0, 0.1) is 5.92 Å². The summed E-state index contributed by atoms with van der Waals surface area (Å²) in [5.41, 5.74) is 5.68. The molecule has 0 aliphatic rings. The van der Waals surface area contributed by atoms with Crippen LogP contribution in [0.15, 0.2) is 18.2 Å². The van der Waals surface area contributed by atoms with Gasteiger partial charge in [-0.2, -0.15) is 13.2 Å². The summed E-state index contributed by atoms with van der Waals surface area (Å²) >= 11 is 0. The standard InChI is InChI=1S/C16H24F3NO/c1-4-13(20)9-12-5-6-15(21-8-7-11(2)3)14(10-12)16(17,18)19/h5-6,10-11,13H,4,7-9,20H2,1-3H3. The molecule has 0 fully saturated rings. The topological polar surface area (TPSA) is 35.2 Å². The van der Waals surface area contributed by atoms with Crippen molar-refractivity contribution < 1.29 is 17.9 Å². The zero-order chi connectivity index (χ0) is 16.0. The van der Waals surface area contributed by atoms with Crippen LogP contribution in [0.5, 0.6) is 5.75 Å². The van der Waals surface area contributed by atoms with E-state index < -0.39 is 11.7 Å². The summed E-state index contributed by atoms with van der Waals surface area (Å²) in [6.07, 6.45) is -2.53. The number of hydrogen-bond acceptors (Lipinski definition) is 2. The summed E-state index contributed by atoms with van der Waals surface area (Å²) in [4.78, 5) is 0. The minimum atomic E-state index is -4.42. The highest BCUT2D eigenvalue weighted by Gasteiger charge is 2.34. The second-order valence-electron chi connectivity index (χ2n) is 5.73. The second kappa shape index (κ2) is 7.69. The summed E-state index contributed by atoms with van der Waals surface area (Å²) in [5.74, 6) is 0.290. The predicted octanol–water partition coefficient (Wildman–Crippen LogP) is 4.41. The van der Waals surface area contributed by atoms with Gasteiger partial charge in [-0.25, -0.2) is 0 Å². The molecule has 1 aromatic carbocycles. The molecule has 120 valence electrons. The lowest BCUT2D eigenvalue weighted by atomic mass is 10.0. The minimum Gasteiger partial charge on any atom is -0.493 e. The largest absolute Gasteiger partial charge is 0.493 e. The lowest BCUT2D eigenvalue weighted by Crippen LogP contribution is -2.21. The van der Waals surface area contributed by atoms with Gasteiger partial charge in [0.1, 0.15) is 5.75 Å². The quantitative estimate of drug-likeness (QED) is 0.809. The van der Waals surface area contributed by atoms with Gasteiger partial charge in [-0.3, -0.25) is 0 Å². The smallest absolute Gasteiger partial charge is 0.419 e. The normalized spacial score (nSPS) is 13.5. The molecule has 0 aliphatic carbocycles. The van der Waals surface area contributed by atoms with E-state index in [4.69, 9.17) is 10.5 Å². The van der Waals surface area contributed by atoms with E-state index >= 15 is 0 Å². The number of hydrogen-bond donors (Lipinski definition) is 1. The fourth-order valence-corrected chi connectivity index (χ4v) is 1.90. The first-order valence-electron chi connectivity index (χ1n) is 7.32. The van der Waals surface area contributed by atoms with Crippen LogP contribution in [0.4, 0.5) is 13.2 Å². The van der Waals surface area contributed by atoms with Gasteiger partial charge in [-0.1, -0.05) is 26.8 Å². The van der Waals surface area contributed by atoms with Gasteiger partial charge in [0.15, 0.2) is 0 Å². The summed E-state index contributed by atoms with van der Waals surface area (Å²) in [6.45, 7) is 6.21. The molecule has 1 unspecified atom stereocenters. The van der Waals surface area contributed by atoms with E-state index in [2.05, 4.69) is 0 Å². The first-order chi connectivity index (χ1) is 9.74. The van der Waals surface area contributed by atoms with Crippen molar-refractivity contribution in [3.8, 4) is 5.75 Å². The van der Waals surface area contributed by atoms with Crippen LogP contribution in [0.3, 0.4) is 0 Å². The van der Waals surface area contributed by atoms with E-state index in [9.17, 15) is 13.2 Å². The van der Waals surface area contributed by atoms with Crippen molar-refractivity contribution in [3.63, 3.8) is 0 Å². The first-order valence-corrected chi connectivity index (χ1v) is 7.32. The molecular formula is C16H24F3NO. The Morgan fingerprint density at radius 2 is 1.90 bits per heavy atom. The molecule has 1 aromatic rings. The van der Waals surface area contributed by atoms with E-state index in [-0.39, 0.29) is 18.4 Å². The van der Waals surface area contributed by atoms with E-state index in [1.807, 2.05) is 20.8 Å². The van der Waals surface area contributed by atoms with Crippen LogP contribution < -0.4 is 10.5 Å². The SMILES string of the molecule is CCC(N)Cc1ccc(OCCC(C)C)c(C(F)(F)F)c1. The molecule has 0 saturated carbocycles. The summed E-state index contributed by atoms with van der Waals surface area (Å²) in [7, 11) is 0. The molecular weight excluding hydrogens is 279 g/mol. The second-order valence-corrected chi connectivity index (χ2v) is 5.73. The highest BCUT2D eigenvalue weighted by atomic mass is 19.4. The van der Waals surface area contributed by atoms with Crippen molar-refractivity contribution in [2.24, 2.45) is 11.7 Å². The molecule has 2 nitrogen and oxygen atoms in total. The molecule has 0 aliphatic heterocycles. The van der Waals surface area contributed by atoms with Crippen LogP contribution >= 0.6 is 0 Å². The van der Waals surface area contributed by atoms with Crippen LogP contribution in [-0.4, -0.2) is 12.6 Å². The monoisotopic (exact) mass is 303 g/mol. The van der Waals surface area contributed by atoms with Crippen molar-refractivity contribution in [3.05, 3.63) is 29.3 Å². The Labute approximate surface area is 124 Å². The van der Waals surface area contributed by atoms with Crippen molar-refractivity contribution >= 4 is 0 Å². The van der Waals surface area contributed by atoms with Gasteiger partial charge in [0.2, 0.25) is 0 Å². The first kappa shape index (κ1) is 17.8. The zero-order valence-corrected chi connectivity index (χ0v) is 12.8. The van der Waals surface area contributed by atoms with Crippen LogP contribution in [-0.2, 0) is 12.6 Å². The molecule has 21 heavy (non-hydrogen) atoms. The van der Waals surface area contributed by atoms with E-state index in [0.717, 1.165) is 18.9 Å². The third-order valence-electron chi connectivity index (χ3n) is 3.32. The Morgan fingerprint density at radius 1 is 1.24 bits per heavy atom. The van der Waals surface area contributed by atoms with E-state index in [1.54, 1.807) is 6.07 Å². The molecule has 2 N–H and O–H groups in total. The molecule has 0 amide bonds. The maximum Gasteiger partial charge on any atom is 0.419 e. The van der Waals surface area contributed by atoms with Gasteiger partial charge in [-0.15, -0.1) is 0 Å². The molecule has 1 rings (SSSR count). The van der Waals surface area contributed by atoms with Crippen molar-refractivity contribution in [2.75, 3.05) is 6.61 Å². The number of alkyl halides is 3. The van der Waals surface area contributed by atoms with Crippen LogP contribution in [0.1, 0.15) is 44.7 Å². The third-order valence-corrected chi connectivity index (χ3v) is 3.32. The van der Waals surface area contributed by atoms with Crippen LogP contribution in [0.2, 0.25) is 0 Å². The summed E-state index contributed by atoms with van der Waals surface area (Å²) in [5, 5.41) is 0. The van der Waals surface area contributed by atoms with E-state index in [0.29, 0.717) is 17.9 Å². The molecule has 1 atom stereocenters. The maximum atomic E-state index is 13.1. The number of rotatable bonds is 7. The molecule has 0 heterocycles. The average Bonchev–Trinajstić information content (AvgIpc) is 2.38. The highest BCUT2D eigenvalue weighted by molar-refractivity contribution is 5.39. The number of nitrogens with two attached hydrogens (primary N) is 1. The van der Waals surface area contributed by atoms with Gasteiger partial charge in [0.05, 0.1) is 12.2 Å². The van der Waals surface area contributed by atoms with Gasteiger partial charge in [0.25, 0.3) is 0 Å². The van der Waals surface area contributed by atoms with Crippen molar-refractivity contribution in [1.29, 1.82) is 0 Å². The zero-order valence-electron chi connectivity index (χ0n) is 12.8. The summed E-state index contributed by atoms with van der Waals surface area (Å²) in [6, 6.07) is 4.09. The Balaban J connectivity index is 2.92. The van der Waals surface area contributed by atoms with Crippen molar-refractivity contribution in [2.45, 2.75) is 52.3 Å². The Morgan fingerprint density at radius 3 is 2.43 bits per heavy atom. The van der Waals surface area contributed by atoms with Gasteiger partial charge in [-0.05, 0) is 42.9 Å². The number of ether oxygens (including phenoxy) is 1. The molecule has 0 saturated heterocycles. The predicted molar refractivity (Wildman–Crippen MR) is 78.4 cm³/mol. The molecule has 5 heteroatoms. The Kier molecular flexibility index (Phi) is 6.52. The number of halogens is 3. The van der Waals surface area contributed by atoms with Crippen molar-refractivity contribution in [1.82, 2.24) is 0 Å². The summed E-state index contributed by atoms with van der Waals surface area (Å²) < 4.78 is 44.7. The highest BCUT2D eigenvalue weighted by Crippen LogP contribution is 2.37. The minimum absolute atomic E-state index is 0.100. The Hall–Kier alpha value is -1.23. The average molecular weight is 303 g/mol. The molecule has 0 aromatic heterocycles.